The fourth-order valence-corrected chi connectivity index (χ4v) is 3.49. The van der Waals surface area contributed by atoms with Crippen LogP contribution in [0.2, 0.25) is 0 Å². The molecule has 1 aliphatic rings. The molecule has 6 nitrogen and oxygen atoms in total. The molecule has 1 aliphatic heterocycles. The molecule has 0 bridgehead atoms. The zero-order chi connectivity index (χ0) is 18.6. The number of carbonyl (C=O) groups is 1. The van der Waals surface area contributed by atoms with Gasteiger partial charge in [-0.1, -0.05) is 36.4 Å². The molecule has 0 unspecified atom stereocenters. The van der Waals surface area contributed by atoms with Gasteiger partial charge in [-0.05, 0) is 24.1 Å². The van der Waals surface area contributed by atoms with Gasteiger partial charge in [-0.2, -0.15) is 0 Å². The lowest BCUT2D eigenvalue weighted by molar-refractivity contribution is -0.135. The van der Waals surface area contributed by atoms with Gasteiger partial charge in [-0.3, -0.25) is 9.78 Å². The first-order valence-electron chi connectivity index (χ1n) is 9.21. The number of H-pyrrole nitrogens is 1. The molecule has 0 radical (unpaired) electrons. The van der Waals surface area contributed by atoms with Gasteiger partial charge in [-0.15, -0.1) is 0 Å². The third kappa shape index (κ3) is 3.75. The zero-order valence-corrected chi connectivity index (χ0v) is 15.4. The number of amides is 1. The highest BCUT2D eigenvalue weighted by molar-refractivity contribution is 5.83. The molecule has 1 aromatic carbocycles. The van der Waals surface area contributed by atoms with Gasteiger partial charge in [0.2, 0.25) is 5.91 Å². The second-order valence-electron chi connectivity index (χ2n) is 6.85. The second-order valence-corrected chi connectivity index (χ2v) is 6.85. The fraction of sp³-hybridized carbons (Fsp3) is 0.286. The molecule has 0 fully saturated rings. The Balaban J connectivity index is 1.63. The van der Waals surface area contributed by atoms with Crippen molar-refractivity contribution < 1.29 is 4.79 Å². The lowest BCUT2D eigenvalue weighted by Gasteiger charge is -2.30. The number of nitrogens with zero attached hydrogens (tertiary/aromatic N) is 3. The predicted molar refractivity (Wildman–Crippen MR) is 103 cm³/mol. The van der Waals surface area contributed by atoms with Crippen LogP contribution in [-0.4, -0.2) is 32.3 Å². The number of aromatic amines is 1. The zero-order valence-electron chi connectivity index (χ0n) is 15.4. The van der Waals surface area contributed by atoms with Crippen LogP contribution in [0, 0.1) is 6.92 Å². The molecule has 1 atom stereocenters. The SMILES string of the molecule is Cc1cccnc1CN(Cc1ccccc1)C(=O)[C@@H]1NCCc2[nH]cnc21. The van der Waals surface area contributed by atoms with Crippen LogP contribution in [0.5, 0.6) is 0 Å². The van der Waals surface area contributed by atoms with Crippen LogP contribution in [0.25, 0.3) is 0 Å². The molecule has 2 aromatic heterocycles. The Bertz CT molecular complexity index is 921. The number of carbonyl (C=O) groups excluding carboxylic acids is 1. The normalized spacial score (nSPS) is 16.0. The summed E-state index contributed by atoms with van der Waals surface area (Å²) in [6.45, 7) is 3.79. The van der Waals surface area contributed by atoms with Crippen molar-refractivity contribution in [3.05, 3.63) is 83.2 Å². The largest absolute Gasteiger partial charge is 0.348 e. The van der Waals surface area contributed by atoms with Gasteiger partial charge in [-0.25, -0.2) is 4.98 Å². The molecule has 2 N–H and O–H groups in total. The van der Waals surface area contributed by atoms with E-state index in [0.717, 1.165) is 41.2 Å². The highest BCUT2D eigenvalue weighted by atomic mass is 16.2. The van der Waals surface area contributed by atoms with Crippen molar-refractivity contribution >= 4 is 5.91 Å². The van der Waals surface area contributed by atoms with Gasteiger partial charge < -0.3 is 15.2 Å². The number of benzene rings is 1. The maximum absolute atomic E-state index is 13.5. The van der Waals surface area contributed by atoms with Crippen LogP contribution in [0.3, 0.4) is 0 Å². The summed E-state index contributed by atoms with van der Waals surface area (Å²) >= 11 is 0. The minimum Gasteiger partial charge on any atom is -0.348 e. The average molecular weight is 361 g/mol. The Morgan fingerprint density at radius 3 is 2.81 bits per heavy atom. The van der Waals surface area contributed by atoms with E-state index >= 15 is 0 Å². The van der Waals surface area contributed by atoms with Crippen molar-refractivity contribution in [2.45, 2.75) is 32.5 Å². The van der Waals surface area contributed by atoms with E-state index in [1.165, 1.54) is 0 Å². The molecule has 4 rings (SSSR count). The van der Waals surface area contributed by atoms with Crippen molar-refractivity contribution in [2.24, 2.45) is 0 Å². The van der Waals surface area contributed by atoms with Crippen molar-refractivity contribution in [2.75, 3.05) is 6.54 Å². The molecule has 3 aromatic rings. The molecule has 0 spiro atoms. The number of hydrogen-bond donors (Lipinski definition) is 2. The summed E-state index contributed by atoms with van der Waals surface area (Å²) < 4.78 is 0. The molecular weight excluding hydrogens is 338 g/mol. The molecule has 0 saturated heterocycles. The lowest BCUT2D eigenvalue weighted by atomic mass is 10.0. The number of imidazole rings is 1. The number of rotatable bonds is 5. The quantitative estimate of drug-likeness (QED) is 0.732. The summed E-state index contributed by atoms with van der Waals surface area (Å²) in [6.07, 6.45) is 4.30. The summed E-state index contributed by atoms with van der Waals surface area (Å²) in [5.74, 6) is 0.0250. The Labute approximate surface area is 158 Å². The predicted octanol–water partition coefficient (Wildman–Crippen LogP) is 2.53. The van der Waals surface area contributed by atoms with Crippen LogP contribution in [0.1, 0.15) is 34.3 Å². The van der Waals surface area contributed by atoms with Crippen molar-refractivity contribution in [3.63, 3.8) is 0 Å². The van der Waals surface area contributed by atoms with Crippen molar-refractivity contribution in [1.29, 1.82) is 0 Å². The topological polar surface area (TPSA) is 73.9 Å². The third-order valence-corrected chi connectivity index (χ3v) is 4.98. The maximum Gasteiger partial charge on any atom is 0.246 e. The number of aromatic nitrogens is 3. The number of pyridine rings is 1. The maximum atomic E-state index is 13.5. The van der Waals surface area contributed by atoms with E-state index in [2.05, 4.69) is 20.3 Å². The van der Waals surface area contributed by atoms with Gasteiger partial charge >= 0.3 is 0 Å². The van der Waals surface area contributed by atoms with Crippen LogP contribution in [0.15, 0.2) is 55.0 Å². The van der Waals surface area contributed by atoms with E-state index in [0.29, 0.717) is 13.1 Å². The molecule has 0 aliphatic carbocycles. The second kappa shape index (κ2) is 7.72. The van der Waals surface area contributed by atoms with Gasteiger partial charge in [0.25, 0.3) is 0 Å². The monoisotopic (exact) mass is 361 g/mol. The summed E-state index contributed by atoms with van der Waals surface area (Å²) in [7, 11) is 0. The molecule has 3 heterocycles. The summed E-state index contributed by atoms with van der Waals surface area (Å²) in [6, 6.07) is 13.6. The molecule has 6 heteroatoms. The van der Waals surface area contributed by atoms with Gasteiger partial charge in [0.1, 0.15) is 6.04 Å². The van der Waals surface area contributed by atoms with Crippen LogP contribution in [-0.2, 0) is 24.3 Å². The molecule has 0 saturated carbocycles. The van der Waals surface area contributed by atoms with E-state index in [9.17, 15) is 4.79 Å². The first kappa shape index (κ1) is 17.4. The van der Waals surface area contributed by atoms with Crippen molar-refractivity contribution in [1.82, 2.24) is 25.2 Å². The van der Waals surface area contributed by atoms with Gasteiger partial charge in [0.05, 0.1) is 24.3 Å². The Morgan fingerprint density at radius 2 is 2.00 bits per heavy atom. The number of nitrogens with one attached hydrogen (secondary N) is 2. The minimum absolute atomic E-state index is 0.0250. The van der Waals surface area contributed by atoms with E-state index in [1.807, 2.05) is 54.3 Å². The first-order valence-corrected chi connectivity index (χ1v) is 9.21. The van der Waals surface area contributed by atoms with Gasteiger partial charge in [0.15, 0.2) is 0 Å². The highest BCUT2D eigenvalue weighted by Gasteiger charge is 2.32. The smallest absolute Gasteiger partial charge is 0.246 e. The Kier molecular flexibility index (Phi) is 4.98. The van der Waals surface area contributed by atoms with Gasteiger partial charge in [0, 0.05) is 31.4 Å². The van der Waals surface area contributed by atoms with E-state index in [1.54, 1.807) is 12.5 Å². The lowest BCUT2D eigenvalue weighted by Crippen LogP contribution is -2.43. The highest BCUT2D eigenvalue weighted by Crippen LogP contribution is 2.23. The minimum atomic E-state index is -0.423. The van der Waals surface area contributed by atoms with Crippen LogP contribution in [0.4, 0.5) is 0 Å². The summed E-state index contributed by atoms with van der Waals surface area (Å²) in [5.41, 5.74) is 4.94. The number of hydrogen-bond acceptors (Lipinski definition) is 4. The fourth-order valence-electron chi connectivity index (χ4n) is 3.49. The standard InChI is InChI=1S/C21H23N5O/c1-15-6-5-10-22-18(15)13-26(12-16-7-3-2-4-8-16)21(27)20-19-17(9-11-23-20)24-14-25-19/h2-8,10,14,20,23H,9,11-13H2,1H3,(H,24,25)/t20-/m1/s1. The van der Waals surface area contributed by atoms with E-state index in [4.69, 9.17) is 0 Å². The van der Waals surface area contributed by atoms with E-state index < -0.39 is 6.04 Å². The van der Waals surface area contributed by atoms with Crippen molar-refractivity contribution in [3.8, 4) is 0 Å². The van der Waals surface area contributed by atoms with Crippen LogP contribution < -0.4 is 5.32 Å². The summed E-state index contributed by atoms with van der Waals surface area (Å²) in [4.78, 5) is 27.4. The number of aryl methyl sites for hydroxylation is 1. The van der Waals surface area contributed by atoms with Crippen LogP contribution >= 0.6 is 0 Å². The molecule has 138 valence electrons. The summed E-state index contributed by atoms with van der Waals surface area (Å²) in [5, 5.41) is 3.33. The number of fused-ring (bicyclic) bond motifs is 1. The Hall–Kier alpha value is -2.99. The molecule has 27 heavy (non-hydrogen) atoms. The molecule has 1 amide bonds. The van der Waals surface area contributed by atoms with E-state index in [-0.39, 0.29) is 5.91 Å². The average Bonchev–Trinajstić information content (AvgIpc) is 3.18. The molecular formula is C21H23N5O. The Morgan fingerprint density at radius 1 is 1.15 bits per heavy atom. The first-order chi connectivity index (χ1) is 13.2. The third-order valence-electron chi connectivity index (χ3n) is 4.98.